The van der Waals surface area contributed by atoms with Crippen LogP contribution in [0.3, 0.4) is 0 Å². The number of ether oxygens (including phenoxy) is 2. The smallest absolute Gasteiger partial charge is 0.428 e. The number of alkyl halides is 3. The summed E-state index contributed by atoms with van der Waals surface area (Å²) in [6.07, 6.45) is -4.79. The molecule has 0 fully saturated rings. The van der Waals surface area contributed by atoms with Gasteiger partial charge in [0.1, 0.15) is 11.8 Å². The summed E-state index contributed by atoms with van der Waals surface area (Å²) in [4.78, 5) is 15.1. The van der Waals surface area contributed by atoms with Gasteiger partial charge in [-0.05, 0) is 24.6 Å². The van der Waals surface area contributed by atoms with E-state index in [4.69, 9.17) is 9.47 Å². The second-order valence-electron chi connectivity index (χ2n) is 5.50. The van der Waals surface area contributed by atoms with Crippen molar-refractivity contribution in [3.05, 3.63) is 47.7 Å². The minimum atomic E-state index is -4.59. The molecule has 2 aromatic rings. The van der Waals surface area contributed by atoms with Crippen LogP contribution in [-0.2, 0) is 10.9 Å². The number of hydrazone groups is 1. The van der Waals surface area contributed by atoms with Gasteiger partial charge in [-0.1, -0.05) is 12.1 Å². The van der Waals surface area contributed by atoms with Gasteiger partial charge in [0, 0.05) is 23.4 Å². The summed E-state index contributed by atoms with van der Waals surface area (Å²) in [7, 11) is 1.42. The summed E-state index contributed by atoms with van der Waals surface area (Å²) in [5.74, 6) is 0.303. The lowest BCUT2D eigenvalue weighted by atomic mass is 9.95. The highest BCUT2D eigenvalue weighted by molar-refractivity contribution is 6.06. The maximum absolute atomic E-state index is 13.6. The number of halogens is 3. The first-order valence-corrected chi connectivity index (χ1v) is 7.56. The van der Waals surface area contributed by atoms with Crippen molar-refractivity contribution in [2.24, 2.45) is 5.10 Å². The normalized spacial score (nSPS) is 17.2. The number of nitrogens with zero attached hydrogens (tertiary/aromatic N) is 2. The lowest BCUT2D eigenvalue weighted by Crippen LogP contribution is -2.37. The first kappa shape index (κ1) is 17.7. The Morgan fingerprint density at radius 3 is 2.50 bits per heavy atom. The van der Waals surface area contributed by atoms with Crippen molar-refractivity contribution in [2.45, 2.75) is 19.2 Å². The maximum Gasteiger partial charge on any atom is 0.428 e. The Bertz CT molecular complexity index is 864. The first-order chi connectivity index (χ1) is 12.3. The molecule has 1 aromatic carbocycles. The number of carbonyl (C=O) groups is 1. The molecule has 1 amide bonds. The van der Waals surface area contributed by atoms with Gasteiger partial charge >= 0.3 is 12.3 Å². The summed E-state index contributed by atoms with van der Waals surface area (Å²) < 4.78 is 50.7. The van der Waals surface area contributed by atoms with Crippen LogP contribution in [0.4, 0.5) is 18.0 Å². The lowest BCUT2D eigenvalue weighted by molar-refractivity contribution is -0.137. The highest BCUT2D eigenvalue weighted by atomic mass is 19.4. The van der Waals surface area contributed by atoms with Gasteiger partial charge in [0.2, 0.25) is 5.88 Å². The van der Waals surface area contributed by atoms with Gasteiger partial charge < -0.3 is 9.47 Å². The first-order valence-electron chi connectivity index (χ1n) is 7.56. The molecule has 0 radical (unpaired) electrons. The van der Waals surface area contributed by atoms with Crippen molar-refractivity contribution in [3.8, 4) is 17.0 Å². The van der Waals surface area contributed by atoms with E-state index in [-0.39, 0.29) is 16.8 Å². The van der Waals surface area contributed by atoms with Crippen LogP contribution in [-0.4, -0.2) is 30.0 Å². The number of nitrogens with one attached hydrogen (secondary N) is 1. The molecule has 136 valence electrons. The van der Waals surface area contributed by atoms with E-state index in [2.05, 4.69) is 15.5 Å². The molecule has 0 bridgehead atoms. The zero-order valence-corrected chi connectivity index (χ0v) is 13.8. The number of amides is 1. The van der Waals surface area contributed by atoms with E-state index in [1.807, 2.05) is 0 Å². The van der Waals surface area contributed by atoms with Crippen molar-refractivity contribution >= 4 is 11.8 Å². The van der Waals surface area contributed by atoms with Crippen molar-refractivity contribution in [1.82, 2.24) is 10.4 Å². The molecule has 1 atom stereocenters. The summed E-state index contributed by atoms with van der Waals surface area (Å²) in [6.45, 7) is 1.53. The Hall–Kier alpha value is -3.10. The van der Waals surface area contributed by atoms with Crippen LogP contribution in [0.25, 0.3) is 11.1 Å². The van der Waals surface area contributed by atoms with E-state index in [1.165, 1.54) is 44.5 Å². The van der Waals surface area contributed by atoms with Gasteiger partial charge in [0.05, 0.1) is 12.7 Å². The topological polar surface area (TPSA) is 72.8 Å². The van der Waals surface area contributed by atoms with E-state index < -0.39 is 23.9 Å². The predicted molar refractivity (Wildman–Crippen MR) is 86.8 cm³/mol. The van der Waals surface area contributed by atoms with Crippen LogP contribution >= 0.6 is 0 Å². The van der Waals surface area contributed by atoms with E-state index >= 15 is 0 Å². The molecule has 0 saturated heterocycles. The molecule has 0 aliphatic carbocycles. The monoisotopic (exact) mass is 365 g/mol. The predicted octanol–water partition coefficient (Wildman–Crippen LogP) is 3.61. The summed E-state index contributed by atoms with van der Waals surface area (Å²) in [5.41, 5.74) is 1.94. The second-order valence-corrected chi connectivity index (χ2v) is 5.50. The molecule has 1 aliphatic rings. The molecule has 0 unspecified atom stereocenters. The van der Waals surface area contributed by atoms with Crippen LogP contribution in [0, 0.1) is 0 Å². The maximum atomic E-state index is 13.6. The van der Waals surface area contributed by atoms with Gasteiger partial charge in [-0.3, -0.25) is 0 Å². The average molecular weight is 365 g/mol. The Kier molecular flexibility index (Phi) is 4.54. The minimum Gasteiger partial charge on any atom is -0.481 e. The number of carbonyl (C=O) groups excluding carboxylic acids is 1. The fraction of sp³-hybridized carbons (Fsp3) is 0.235. The van der Waals surface area contributed by atoms with Gasteiger partial charge in [0.15, 0.2) is 0 Å². The molecule has 3 rings (SSSR count). The third-order valence-corrected chi connectivity index (χ3v) is 3.81. The number of hydrogen-bond donors (Lipinski definition) is 1. The van der Waals surface area contributed by atoms with E-state index in [1.54, 1.807) is 0 Å². The molecular formula is C17H14F3N3O3. The molecule has 9 heteroatoms. The molecule has 6 nitrogen and oxygen atoms in total. The number of aromatic nitrogens is 1. The molecule has 1 aliphatic heterocycles. The zero-order chi connectivity index (χ0) is 18.9. The van der Waals surface area contributed by atoms with Gasteiger partial charge in [0.25, 0.3) is 0 Å². The summed E-state index contributed by atoms with van der Waals surface area (Å²) >= 11 is 0. The van der Waals surface area contributed by atoms with Gasteiger partial charge in [-0.25, -0.2) is 15.2 Å². The molecule has 1 aromatic heterocycles. The molecular weight excluding hydrogens is 351 g/mol. The van der Waals surface area contributed by atoms with Gasteiger partial charge in [-0.15, -0.1) is 0 Å². The summed E-state index contributed by atoms with van der Waals surface area (Å²) in [6, 6.07) is 6.80. The van der Waals surface area contributed by atoms with Gasteiger partial charge in [-0.2, -0.15) is 18.3 Å². The van der Waals surface area contributed by atoms with Crippen LogP contribution in [0.1, 0.15) is 18.1 Å². The third kappa shape index (κ3) is 3.46. The Balaban J connectivity index is 2.08. The fourth-order valence-electron chi connectivity index (χ4n) is 2.59. The number of rotatable bonds is 3. The fourth-order valence-corrected chi connectivity index (χ4v) is 2.59. The molecule has 2 heterocycles. The van der Waals surface area contributed by atoms with Crippen molar-refractivity contribution in [1.29, 1.82) is 0 Å². The van der Waals surface area contributed by atoms with E-state index in [0.717, 1.165) is 6.07 Å². The lowest BCUT2D eigenvalue weighted by Gasteiger charge is -2.21. The minimum absolute atomic E-state index is 0.0228. The van der Waals surface area contributed by atoms with E-state index in [9.17, 15) is 18.0 Å². The Morgan fingerprint density at radius 2 is 1.92 bits per heavy atom. The zero-order valence-electron chi connectivity index (χ0n) is 13.8. The van der Waals surface area contributed by atoms with Crippen molar-refractivity contribution in [3.63, 3.8) is 0 Å². The van der Waals surface area contributed by atoms with Crippen LogP contribution in [0.2, 0.25) is 0 Å². The van der Waals surface area contributed by atoms with Crippen molar-refractivity contribution < 1.29 is 27.4 Å². The van der Waals surface area contributed by atoms with Crippen LogP contribution in [0.5, 0.6) is 5.88 Å². The number of cyclic esters (lactones) is 1. The third-order valence-electron chi connectivity index (χ3n) is 3.81. The van der Waals surface area contributed by atoms with Crippen LogP contribution in [0.15, 0.2) is 41.6 Å². The molecule has 0 spiro atoms. The van der Waals surface area contributed by atoms with E-state index in [0.29, 0.717) is 11.4 Å². The van der Waals surface area contributed by atoms with Crippen LogP contribution < -0.4 is 10.2 Å². The molecule has 0 saturated carbocycles. The average Bonchev–Trinajstić information content (AvgIpc) is 2.61. The highest BCUT2D eigenvalue weighted by Crippen LogP contribution is 2.38. The SMILES string of the molecule is COc1ccc(-c2ccc(C3=NNC(=O)O[C@H]3C)cc2C(F)(F)F)cn1. The summed E-state index contributed by atoms with van der Waals surface area (Å²) in [5, 5.41) is 3.81. The van der Waals surface area contributed by atoms with Crippen molar-refractivity contribution in [2.75, 3.05) is 7.11 Å². The largest absolute Gasteiger partial charge is 0.481 e. The Labute approximate surface area is 146 Å². The standard InChI is InChI=1S/C17H14F3N3O3/c1-9-15(22-23-16(24)26-9)10-3-5-12(13(7-10)17(18,19)20)11-4-6-14(25-2)21-8-11/h3-9H,1-2H3,(H,23,24)/t9-/m0/s1. The molecule has 1 N–H and O–H groups in total. The Morgan fingerprint density at radius 1 is 1.19 bits per heavy atom. The number of benzene rings is 1. The highest BCUT2D eigenvalue weighted by Gasteiger charge is 2.35. The number of hydrogen-bond acceptors (Lipinski definition) is 5. The molecule has 26 heavy (non-hydrogen) atoms. The number of pyridine rings is 1. The quantitative estimate of drug-likeness (QED) is 0.902. The number of methoxy groups -OCH3 is 1. The second kappa shape index (κ2) is 6.66.